The molecule has 0 unspecified atom stereocenters. The van der Waals surface area contributed by atoms with Gasteiger partial charge in [0.15, 0.2) is 5.82 Å². The first-order chi connectivity index (χ1) is 8.45. The third-order valence-electron chi connectivity index (χ3n) is 2.64. The number of nitrogens with zero attached hydrogens (tertiary/aromatic N) is 3. The minimum Gasteiger partial charge on any atom is -0.305 e. The van der Waals surface area contributed by atoms with E-state index in [2.05, 4.69) is 67.4 Å². The highest BCUT2D eigenvalue weighted by Crippen LogP contribution is 2.31. The van der Waals surface area contributed by atoms with Crippen LogP contribution in [-0.4, -0.2) is 14.8 Å². The minimum absolute atomic E-state index is 0.0583. The van der Waals surface area contributed by atoms with E-state index < -0.39 is 0 Å². The summed E-state index contributed by atoms with van der Waals surface area (Å²) < 4.78 is 3.20. The third-order valence-corrected chi connectivity index (χ3v) is 3.83. The zero-order valence-electron chi connectivity index (χ0n) is 10.6. The lowest BCUT2D eigenvalue weighted by atomic mass is 10.1. The molecule has 0 aliphatic carbocycles. The van der Waals surface area contributed by atoms with Gasteiger partial charge in [-0.15, -0.1) is 10.2 Å². The van der Waals surface area contributed by atoms with E-state index in [4.69, 9.17) is 0 Å². The Morgan fingerprint density at radius 1 is 1.17 bits per heavy atom. The molecule has 5 heteroatoms. The fourth-order valence-electron chi connectivity index (χ4n) is 1.92. The summed E-state index contributed by atoms with van der Waals surface area (Å²) in [5, 5.41) is 9.30. The lowest BCUT2D eigenvalue weighted by Crippen LogP contribution is -2.24. The van der Waals surface area contributed by atoms with Crippen LogP contribution in [0.3, 0.4) is 0 Å². The molecule has 0 radical (unpaired) electrons. The molecule has 1 heterocycles. The number of aromatic nitrogens is 3. The molecule has 0 bridgehead atoms. The number of halogens is 2. The first-order valence-electron chi connectivity index (χ1n) is 5.71. The highest BCUT2D eigenvalue weighted by atomic mass is 79.9. The van der Waals surface area contributed by atoms with Crippen LogP contribution in [-0.2, 0) is 10.9 Å². The van der Waals surface area contributed by atoms with Gasteiger partial charge in [0.05, 0.1) is 5.33 Å². The van der Waals surface area contributed by atoms with Crippen LogP contribution in [0, 0.1) is 0 Å². The summed E-state index contributed by atoms with van der Waals surface area (Å²) in [7, 11) is 0. The standard InChI is InChI=1S/C13H15Br2N3/c1-13(2,3)18-11(8-14)16-17-12(18)9-6-4-5-7-10(9)15/h4-7H,8H2,1-3H3. The Bertz CT molecular complexity index is 556. The molecule has 0 saturated carbocycles. The number of benzene rings is 1. The van der Waals surface area contributed by atoms with Crippen LogP contribution in [0.25, 0.3) is 11.4 Å². The molecule has 0 saturated heterocycles. The maximum absolute atomic E-state index is 4.34. The smallest absolute Gasteiger partial charge is 0.165 e. The number of hydrogen-bond donors (Lipinski definition) is 0. The molecule has 1 aromatic heterocycles. The first-order valence-corrected chi connectivity index (χ1v) is 7.62. The summed E-state index contributed by atoms with van der Waals surface area (Å²) in [5.41, 5.74) is 1.00. The van der Waals surface area contributed by atoms with Crippen molar-refractivity contribution in [2.45, 2.75) is 31.6 Å². The summed E-state index contributed by atoms with van der Waals surface area (Å²) >= 11 is 7.04. The molecule has 0 aliphatic rings. The number of alkyl halides is 1. The van der Waals surface area contributed by atoms with Gasteiger partial charge in [-0.2, -0.15) is 0 Å². The SMILES string of the molecule is CC(C)(C)n1c(CBr)nnc1-c1ccccc1Br. The van der Waals surface area contributed by atoms with Gasteiger partial charge in [-0.25, -0.2) is 0 Å². The minimum atomic E-state index is -0.0583. The molecule has 0 spiro atoms. The highest BCUT2D eigenvalue weighted by Gasteiger charge is 2.24. The summed E-state index contributed by atoms with van der Waals surface area (Å²) in [4.78, 5) is 0. The molecule has 0 atom stereocenters. The second-order valence-corrected chi connectivity index (χ2v) is 6.47. The zero-order valence-corrected chi connectivity index (χ0v) is 13.8. The van der Waals surface area contributed by atoms with Gasteiger partial charge >= 0.3 is 0 Å². The Kier molecular flexibility index (Phi) is 3.92. The lowest BCUT2D eigenvalue weighted by Gasteiger charge is -2.24. The van der Waals surface area contributed by atoms with Gasteiger partial charge in [0, 0.05) is 15.6 Å². The van der Waals surface area contributed by atoms with Crippen LogP contribution >= 0.6 is 31.9 Å². The summed E-state index contributed by atoms with van der Waals surface area (Å²) in [5.74, 6) is 1.83. The maximum atomic E-state index is 4.34. The average Bonchev–Trinajstić information content (AvgIpc) is 2.73. The van der Waals surface area contributed by atoms with Crippen molar-refractivity contribution in [3.8, 4) is 11.4 Å². The lowest BCUT2D eigenvalue weighted by molar-refractivity contribution is 0.391. The van der Waals surface area contributed by atoms with Gasteiger partial charge < -0.3 is 4.57 Å². The van der Waals surface area contributed by atoms with E-state index in [-0.39, 0.29) is 5.54 Å². The van der Waals surface area contributed by atoms with Crippen molar-refractivity contribution >= 4 is 31.9 Å². The van der Waals surface area contributed by atoms with Crippen LogP contribution in [0.5, 0.6) is 0 Å². The van der Waals surface area contributed by atoms with Crippen LogP contribution < -0.4 is 0 Å². The van der Waals surface area contributed by atoms with Gasteiger partial charge in [-0.3, -0.25) is 0 Å². The molecular weight excluding hydrogens is 358 g/mol. The van der Waals surface area contributed by atoms with E-state index in [0.717, 1.165) is 21.7 Å². The van der Waals surface area contributed by atoms with Gasteiger partial charge in [0.25, 0.3) is 0 Å². The Balaban J connectivity index is 2.66. The highest BCUT2D eigenvalue weighted by molar-refractivity contribution is 9.10. The van der Waals surface area contributed by atoms with E-state index in [0.29, 0.717) is 5.33 Å². The van der Waals surface area contributed by atoms with Gasteiger partial charge in [-0.1, -0.05) is 50.1 Å². The van der Waals surface area contributed by atoms with Gasteiger partial charge in [0.2, 0.25) is 0 Å². The third kappa shape index (κ3) is 2.52. The predicted molar refractivity (Wildman–Crippen MR) is 80.8 cm³/mol. The van der Waals surface area contributed by atoms with Crippen LogP contribution in [0.1, 0.15) is 26.6 Å². The maximum Gasteiger partial charge on any atom is 0.165 e. The van der Waals surface area contributed by atoms with Crippen molar-refractivity contribution in [2.75, 3.05) is 0 Å². The van der Waals surface area contributed by atoms with Crippen LogP contribution in [0.2, 0.25) is 0 Å². The Labute approximate surface area is 124 Å². The van der Waals surface area contributed by atoms with Crippen molar-refractivity contribution < 1.29 is 0 Å². The van der Waals surface area contributed by atoms with Crippen molar-refractivity contribution in [1.82, 2.24) is 14.8 Å². The van der Waals surface area contributed by atoms with E-state index in [9.17, 15) is 0 Å². The van der Waals surface area contributed by atoms with E-state index >= 15 is 0 Å². The molecule has 3 nitrogen and oxygen atoms in total. The van der Waals surface area contributed by atoms with Crippen molar-refractivity contribution in [3.05, 3.63) is 34.6 Å². The molecule has 2 rings (SSSR count). The molecule has 0 fully saturated rings. The average molecular weight is 373 g/mol. The van der Waals surface area contributed by atoms with Crippen molar-refractivity contribution in [2.24, 2.45) is 0 Å². The molecule has 0 N–H and O–H groups in total. The summed E-state index contributed by atoms with van der Waals surface area (Å²) in [6, 6.07) is 8.07. The molecule has 0 amide bonds. The van der Waals surface area contributed by atoms with E-state index in [1.54, 1.807) is 0 Å². The summed E-state index contributed by atoms with van der Waals surface area (Å²) in [6.45, 7) is 6.47. The monoisotopic (exact) mass is 371 g/mol. The fourth-order valence-corrected chi connectivity index (χ4v) is 2.75. The number of hydrogen-bond acceptors (Lipinski definition) is 2. The summed E-state index contributed by atoms with van der Waals surface area (Å²) in [6.07, 6.45) is 0. The second kappa shape index (κ2) is 5.13. The van der Waals surface area contributed by atoms with Crippen molar-refractivity contribution in [1.29, 1.82) is 0 Å². The molecule has 2 aromatic rings. The fraction of sp³-hybridized carbons (Fsp3) is 0.385. The number of rotatable bonds is 2. The Morgan fingerprint density at radius 2 is 1.83 bits per heavy atom. The molecule has 96 valence electrons. The topological polar surface area (TPSA) is 30.7 Å². The quantitative estimate of drug-likeness (QED) is 0.733. The predicted octanol–water partition coefficient (Wildman–Crippen LogP) is 4.36. The molecule has 18 heavy (non-hydrogen) atoms. The second-order valence-electron chi connectivity index (χ2n) is 5.06. The van der Waals surface area contributed by atoms with Gasteiger partial charge in [-0.05, 0) is 26.8 Å². The zero-order chi connectivity index (χ0) is 13.3. The normalized spacial score (nSPS) is 11.8. The van der Waals surface area contributed by atoms with Crippen molar-refractivity contribution in [3.63, 3.8) is 0 Å². The molecular formula is C13H15Br2N3. The van der Waals surface area contributed by atoms with Crippen LogP contribution in [0.15, 0.2) is 28.7 Å². The van der Waals surface area contributed by atoms with Crippen LogP contribution in [0.4, 0.5) is 0 Å². The van der Waals surface area contributed by atoms with Gasteiger partial charge in [0.1, 0.15) is 5.82 Å². The van der Waals surface area contributed by atoms with E-state index in [1.807, 2.05) is 24.3 Å². The largest absolute Gasteiger partial charge is 0.305 e. The molecule has 0 aliphatic heterocycles. The molecule has 1 aromatic carbocycles. The Hall–Kier alpha value is -0.680. The van der Waals surface area contributed by atoms with E-state index in [1.165, 1.54) is 0 Å². The first kappa shape index (κ1) is 13.7. The Morgan fingerprint density at radius 3 is 2.39 bits per heavy atom.